The Morgan fingerprint density at radius 2 is 2.33 bits per heavy atom. The first kappa shape index (κ1) is 9.85. The van der Waals surface area contributed by atoms with E-state index in [0.29, 0.717) is 0 Å². The van der Waals surface area contributed by atoms with Crippen LogP contribution in [0.1, 0.15) is 12.8 Å². The fourth-order valence-electron chi connectivity index (χ4n) is 1.49. The minimum absolute atomic E-state index is 0.00102. The molecule has 6 nitrogen and oxygen atoms in total. The number of ether oxygens (including phenoxy) is 1. The smallest absolute Gasteiger partial charge is 0.329 e. The second-order valence-electron chi connectivity index (χ2n) is 3.57. The molecule has 2 N–H and O–H groups in total. The Labute approximate surface area is 86.2 Å². The number of hydrogen-bond donors (Lipinski definition) is 1. The highest BCUT2D eigenvalue weighted by molar-refractivity contribution is 5.43. The molecule has 0 saturated heterocycles. The van der Waals surface area contributed by atoms with Gasteiger partial charge >= 0.3 is 5.69 Å². The summed E-state index contributed by atoms with van der Waals surface area (Å²) in [5, 5.41) is 10.6. The highest BCUT2D eigenvalue weighted by atomic mass is 16.6. The Bertz CT molecular complexity index is 377. The first-order chi connectivity index (χ1) is 7.16. The van der Waals surface area contributed by atoms with Gasteiger partial charge in [0.2, 0.25) is 5.75 Å². The van der Waals surface area contributed by atoms with Gasteiger partial charge in [-0.3, -0.25) is 15.1 Å². The Morgan fingerprint density at radius 3 is 2.93 bits per heavy atom. The molecule has 1 aromatic rings. The van der Waals surface area contributed by atoms with Crippen molar-refractivity contribution in [3.8, 4) is 5.75 Å². The van der Waals surface area contributed by atoms with E-state index < -0.39 is 4.92 Å². The standard InChI is InChI=1S/C9H11N3O3/c10-6-3-7(4-6)15-9-1-2-11-5-8(9)12(13)14/h1-2,5-7H,3-4,10H2. The molecule has 0 amide bonds. The SMILES string of the molecule is NC1CC(Oc2ccncc2[N+](=O)[O-])C1. The molecular formula is C9H11N3O3. The van der Waals surface area contributed by atoms with Crippen LogP contribution >= 0.6 is 0 Å². The van der Waals surface area contributed by atoms with E-state index in [0.717, 1.165) is 12.8 Å². The molecule has 1 fully saturated rings. The summed E-state index contributed by atoms with van der Waals surface area (Å²) in [5.74, 6) is 0.270. The van der Waals surface area contributed by atoms with Crippen molar-refractivity contribution in [3.63, 3.8) is 0 Å². The van der Waals surface area contributed by atoms with Gasteiger partial charge < -0.3 is 10.5 Å². The third-order valence-corrected chi connectivity index (χ3v) is 2.38. The zero-order valence-electron chi connectivity index (χ0n) is 8.00. The zero-order chi connectivity index (χ0) is 10.8. The maximum Gasteiger partial charge on any atom is 0.329 e. The fraction of sp³-hybridized carbons (Fsp3) is 0.444. The van der Waals surface area contributed by atoms with Crippen LogP contribution in [0.25, 0.3) is 0 Å². The summed E-state index contributed by atoms with van der Waals surface area (Å²) < 4.78 is 5.45. The second kappa shape index (κ2) is 3.82. The average molecular weight is 209 g/mol. The minimum atomic E-state index is -0.499. The van der Waals surface area contributed by atoms with E-state index in [1.54, 1.807) is 0 Å². The molecule has 1 heterocycles. The molecule has 1 saturated carbocycles. The molecule has 0 aromatic carbocycles. The molecule has 15 heavy (non-hydrogen) atoms. The van der Waals surface area contributed by atoms with E-state index in [-0.39, 0.29) is 23.6 Å². The van der Waals surface area contributed by atoms with Crippen molar-refractivity contribution >= 4 is 5.69 Å². The maximum absolute atomic E-state index is 10.6. The summed E-state index contributed by atoms with van der Waals surface area (Å²) in [6.45, 7) is 0. The molecular weight excluding hydrogens is 198 g/mol. The van der Waals surface area contributed by atoms with Crippen LogP contribution in [-0.2, 0) is 0 Å². The van der Waals surface area contributed by atoms with Crippen molar-refractivity contribution in [1.82, 2.24) is 4.98 Å². The third kappa shape index (κ3) is 2.04. The highest BCUT2D eigenvalue weighted by Gasteiger charge is 2.29. The molecule has 1 aromatic heterocycles. The van der Waals surface area contributed by atoms with Gasteiger partial charge in [0.1, 0.15) is 12.3 Å². The number of nitrogens with zero attached hydrogens (tertiary/aromatic N) is 2. The summed E-state index contributed by atoms with van der Waals surface area (Å²) in [7, 11) is 0. The van der Waals surface area contributed by atoms with Crippen molar-refractivity contribution in [2.75, 3.05) is 0 Å². The van der Waals surface area contributed by atoms with E-state index in [1.165, 1.54) is 18.5 Å². The van der Waals surface area contributed by atoms with Crippen LogP contribution in [0.4, 0.5) is 5.69 Å². The van der Waals surface area contributed by atoms with Crippen LogP contribution < -0.4 is 10.5 Å². The van der Waals surface area contributed by atoms with E-state index in [4.69, 9.17) is 10.5 Å². The predicted octanol–water partition coefficient (Wildman–Crippen LogP) is 0.858. The van der Waals surface area contributed by atoms with Crippen molar-refractivity contribution in [2.24, 2.45) is 5.73 Å². The average Bonchev–Trinajstić information content (AvgIpc) is 2.16. The van der Waals surface area contributed by atoms with Gasteiger partial charge in [-0.15, -0.1) is 0 Å². The quantitative estimate of drug-likeness (QED) is 0.588. The molecule has 0 bridgehead atoms. The van der Waals surface area contributed by atoms with Crippen LogP contribution in [0, 0.1) is 10.1 Å². The predicted molar refractivity (Wildman–Crippen MR) is 52.5 cm³/mol. The molecule has 80 valence electrons. The summed E-state index contributed by atoms with van der Waals surface area (Å²) in [4.78, 5) is 13.8. The lowest BCUT2D eigenvalue weighted by atomic mass is 9.90. The molecule has 0 radical (unpaired) electrons. The largest absolute Gasteiger partial charge is 0.483 e. The molecule has 0 spiro atoms. The highest BCUT2D eigenvalue weighted by Crippen LogP contribution is 2.30. The van der Waals surface area contributed by atoms with Gasteiger partial charge in [0.25, 0.3) is 0 Å². The van der Waals surface area contributed by atoms with Gasteiger partial charge in [0.15, 0.2) is 0 Å². The number of nitrogens with two attached hydrogens (primary N) is 1. The zero-order valence-corrected chi connectivity index (χ0v) is 8.00. The molecule has 1 aliphatic carbocycles. The first-order valence-corrected chi connectivity index (χ1v) is 4.67. The van der Waals surface area contributed by atoms with Crippen LogP contribution in [0.2, 0.25) is 0 Å². The van der Waals surface area contributed by atoms with E-state index in [2.05, 4.69) is 4.98 Å². The lowest BCUT2D eigenvalue weighted by Crippen LogP contribution is -2.43. The van der Waals surface area contributed by atoms with Gasteiger partial charge in [-0.2, -0.15) is 0 Å². The first-order valence-electron chi connectivity index (χ1n) is 4.67. The number of pyridine rings is 1. The van der Waals surface area contributed by atoms with Crippen LogP contribution in [0.3, 0.4) is 0 Å². The number of aromatic nitrogens is 1. The molecule has 6 heteroatoms. The van der Waals surface area contributed by atoms with Gasteiger partial charge in [-0.05, 0) is 12.8 Å². The van der Waals surface area contributed by atoms with Gasteiger partial charge in [0, 0.05) is 18.3 Å². The van der Waals surface area contributed by atoms with Crippen LogP contribution in [-0.4, -0.2) is 22.1 Å². The number of hydrogen-bond acceptors (Lipinski definition) is 5. The van der Waals surface area contributed by atoms with Crippen LogP contribution in [0.5, 0.6) is 5.75 Å². The normalized spacial score (nSPS) is 24.3. The minimum Gasteiger partial charge on any atom is -0.483 e. The lowest BCUT2D eigenvalue weighted by Gasteiger charge is -2.32. The van der Waals surface area contributed by atoms with E-state index in [1.807, 2.05) is 0 Å². The van der Waals surface area contributed by atoms with Gasteiger partial charge in [-0.1, -0.05) is 0 Å². The monoisotopic (exact) mass is 209 g/mol. The van der Waals surface area contributed by atoms with Crippen molar-refractivity contribution in [3.05, 3.63) is 28.6 Å². The molecule has 1 aliphatic rings. The molecule has 0 aliphatic heterocycles. The second-order valence-corrected chi connectivity index (χ2v) is 3.57. The third-order valence-electron chi connectivity index (χ3n) is 2.38. The van der Waals surface area contributed by atoms with Crippen molar-refractivity contribution < 1.29 is 9.66 Å². The molecule has 0 unspecified atom stereocenters. The fourth-order valence-corrected chi connectivity index (χ4v) is 1.49. The lowest BCUT2D eigenvalue weighted by molar-refractivity contribution is -0.386. The van der Waals surface area contributed by atoms with Gasteiger partial charge in [0.05, 0.1) is 4.92 Å². The Morgan fingerprint density at radius 1 is 1.60 bits per heavy atom. The Kier molecular flexibility index (Phi) is 2.51. The molecule has 2 rings (SSSR count). The maximum atomic E-state index is 10.6. The van der Waals surface area contributed by atoms with E-state index >= 15 is 0 Å². The van der Waals surface area contributed by atoms with Gasteiger partial charge in [-0.25, -0.2) is 0 Å². The van der Waals surface area contributed by atoms with E-state index in [9.17, 15) is 10.1 Å². The summed E-state index contributed by atoms with van der Waals surface area (Å²) in [6, 6.07) is 1.66. The summed E-state index contributed by atoms with van der Waals surface area (Å²) in [5.41, 5.74) is 5.50. The summed E-state index contributed by atoms with van der Waals surface area (Å²) >= 11 is 0. The molecule has 0 atom stereocenters. The number of rotatable bonds is 3. The van der Waals surface area contributed by atoms with Crippen molar-refractivity contribution in [1.29, 1.82) is 0 Å². The topological polar surface area (TPSA) is 91.3 Å². The Balaban J connectivity index is 2.10. The Hall–Kier alpha value is -1.69. The number of nitro groups is 1. The summed E-state index contributed by atoms with van der Waals surface area (Å²) in [6.07, 6.45) is 4.16. The van der Waals surface area contributed by atoms with Crippen molar-refractivity contribution in [2.45, 2.75) is 25.0 Å². The van der Waals surface area contributed by atoms with Crippen LogP contribution in [0.15, 0.2) is 18.5 Å².